The average Bonchev–Trinajstić information content (AvgIpc) is 1.41. The van der Waals surface area contributed by atoms with E-state index in [2.05, 4.69) is 269 Å². The predicted molar refractivity (Wildman–Crippen MR) is 389 cm³/mol. The van der Waals surface area contributed by atoms with Gasteiger partial charge in [-0.2, -0.15) is 0 Å². The van der Waals surface area contributed by atoms with Crippen LogP contribution in [0.4, 0.5) is 34.1 Å². The van der Waals surface area contributed by atoms with Crippen molar-refractivity contribution in [3.05, 3.63) is 322 Å². The molecule has 19 rings (SSSR count). The van der Waals surface area contributed by atoms with Gasteiger partial charge in [-0.05, 0) is 119 Å². The van der Waals surface area contributed by atoms with E-state index in [1.165, 1.54) is 39.1 Å². The molecule has 17 aromatic rings. The van der Waals surface area contributed by atoms with Crippen LogP contribution in [0.3, 0.4) is 0 Å². The Kier molecular flexibility index (Phi) is 12.5. The van der Waals surface area contributed by atoms with E-state index >= 15 is 0 Å². The van der Waals surface area contributed by atoms with Gasteiger partial charge < -0.3 is 18.8 Å². The number of hydrogen-bond acceptors (Lipinski definition) is 8. The summed E-state index contributed by atoms with van der Waals surface area (Å²) in [6.07, 6.45) is 0. The summed E-state index contributed by atoms with van der Waals surface area (Å²) in [7, 11) is 0. The third kappa shape index (κ3) is 8.91. The first-order chi connectivity index (χ1) is 47.1. The van der Waals surface area contributed by atoms with E-state index < -0.39 is 0 Å². The first-order valence-corrected chi connectivity index (χ1v) is 32.1. The lowest BCUT2D eigenvalue weighted by molar-refractivity contribution is 0.673. The van der Waals surface area contributed by atoms with Crippen LogP contribution in [0.25, 0.3) is 129 Å². The molecule has 442 valence electrons. The molecule has 0 N–H and O–H groups in total. The molecule has 0 saturated heterocycles. The van der Waals surface area contributed by atoms with Crippen LogP contribution in [-0.2, 0) is 0 Å². The minimum Gasteiger partial charge on any atom is -0.455 e. The summed E-state index contributed by atoms with van der Waals surface area (Å²) >= 11 is 0. The van der Waals surface area contributed by atoms with Crippen molar-refractivity contribution in [2.24, 2.45) is 0 Å². The summed E-state index contributed by atoms with van der Waals surface area (Å²) in [4.78, 5) is 31.7. The van der Waals surface area contributed by atoms with Gasteiger partial charge in [0.15, 0.2) is 23.3 Å². The molecule has 0 unspecified atom stereocenters. The third-order valence-corrected chi connectivity index (χ3v) is 18.9. The van der Waals surface area contributed by atoms with Crippen LogP contribution in [0.15, 0.2) is 326 Å². The fourth-order valence-electron chi connectivity index (χ4n) is 14.6. The van der Waals surface area contributed by atoms with Gasteiger partial charge in [-0.1, -0.05) is 231 Å². The molecule has 95 heavy (non-hydrogen) atoms. The molecule has 0 spiro atoms. The minimum absolute atomic E-state index is 0.0708. The number of hydrogen-bond donors (Lipinski definition) is 0. The molecule has 0 fully saturated rings. The molecule has 9 nitrogen and oxygen atoms in total. The lowest BCUT2D eigenvalue weighted by Crippen LogP contribution is -2.61. The monoisotopic (exact) mass is 1210 g/mol. The zero-order valence-corrected chi connectivity index (χ0v) is 51.2. The molecule has 2 aliphatic heterocycles. The number of nitrogens with zero attached hydrogens (tertiary/aromatic N) is 8. The van der Waals surface area contributed by atoms with Gasteiger partial charge in [0.1, 0.15) is 11.2 Å². The fourth-order valence-corrected chi connectivity index (χ4v) is 14.6. The molecule has 0 saturated carbocycles. The Balaban J connectivity index is 0.748. The van der Waals surface area contributed by atoms with Gasteiger partial charge in [0.2, 0.25) is 0 Å². The predicted octanol–water partition coefficient (Wildman–Crippen LogP) is 19.4. The second-order valence-corrected chi connectivity index (χ2v) is 24.3. The van der Waals surface area contributed by atoms with E-state index in [9.17, 15) is 0 Å². The maximum absolute atomic E-state index is 6.80. The molecular weight excluding hydrogens is 1160 g/mol. The number of para-hydroxylation sites is 5. The van der Waals surface area contributed by atoms with Crippen LogP contribution in [0.2, 0.25) is 0 Å². The Bertz CT molecular complexity index is 5800. The third-order valence-electron chi connectivity index (χ3n) is 18.9. The van der Waals surface area contributed by atoms with Gasteiger partial charge in [0.05, 0.1) is 33.5 Å². The zero-order valence-electron chi connectivity index (χ0n) is 51.2. The van der Waals surface area contributed by atoms with Crippen LogP contribution in [-0.4, -0.2) is 36.2 Å². The van der Waals surface area contributed by atoms with Gasteiger partial charge in [0.25, 0.3) is 6.71 Å². The van der Waals surface area contributed by atoms with Crippen molar-refractivity contribution in [1.82, 2.24) is 29.5 Å². The molecular formula is C85H53BN8O. The maximum Gasteiger partial charge on any atom is 0.252 e. The Morgan fingerprint density at radius 3 is 1.41 bits per heavy atom. The van der Waals surface area contributed by atoms with Gasteiger partial charge in [-0.25, -0.2) is 24.9 Å². The smallest absolute Gasteiger partial charge is 0.252 e. The van der Waals surface area contributed by atoms with E-state index in [-0.39, 0.29) is 6.71 Å². The Hall–Kier alpha value is -12.8. The van der Waals surface area contributed by atoms with Crippen LogP contribution < -0.4 is 26.2 Å². The highest BCUT2D eigenvalue weighted by Crippen LogP contribution is 2.46. The number of rotatable bonds is 10. The Morgan fingerprint density at radius 2 is 0.758 bits per heavy atom. The van der Waals surface area contributed by atoms with Gasteiger partial charge in [0, 0.05) is 83.7 Å². The molecule has 4 aromatic heterocycles. The molecule has 0 atom stereocenters. The van der Waals surface area contributed by atoms with Gasteiger partial charge in [-0.3, -0.25) is 0 Å². The maximum atomic E-state index is 6.80. The van der Waals surface area contributed by atoms with Gasteiger partial charge >= 0.3 is 0 Å². The summed E-state index contributed by atoms with van der Waals surface area (Å²) in [5.41, 5.74) is 24.4. The summed E-state index contributed by atoms with van der Waals surface area (Å²) < 4.78 is 9.14. The fraction of sp³-hybridized carbons (Fsp3) is 0. The molecule has 13 aromatic carbocycles. The van der Waals surface area contributed by atoms with E-state index in [0.29, 0.717) is 23.3 Å². The number of aromatic nitrogens is 6. The van der Waals surface area contributed by atoms with Crippen LogP contribution in [0.1, 0.15) is 0 Å². The lowest BCUT2D eigenvalue weighted by Gasteiger charge is -2.44. The SMILES string of the molecule is c1ccc(-c2cc(-c3ccc(-n4c5ccccc5c5c6oc7ccccc7c6ccc54)c(-c4nc(-c5ccccc5)nc(-c5ccc(-c6ccc(N7c8ccccc8B8c9ccccc9N(c9ccccc9)c9cccc7c98)cc6)cc5)n4)c3)nc(-c3ccccc3)n2)cc1. The largest absolute Gasteiger partial charge is 0.455 e. The van der Waals surface area contributed by atoms with Crippen molar-refractivity contribution in [3.63, 3.8) is 0 Å². The second kappa shape index (κ2) is 22.0. The first-order valence-electron chi connectivity index (χ1n) is 32.1. The molecule has 0 bridgehead atoms. The van der Waals surface area contributed by atoms with E-state index in [4.69, 9.17) is 29.3 Å². The van der Waals surface area contributed by atoms with Gasteiger partial charge in [-0.15, -0.1) is 0 Å². The number of benzene rings is 13. The number of anilines is 6. The Morgan fingerprint density at radius 1 is 0.284 bits per heavy atom. The number of furan rings is 1. The quantitative estimate of drug-likeness (QED) is 0.125. The highest BCUT2D eigenvalue weighted by molar-refractivity contribution is 7.00. The standard InChI is InChI=1S/C85H53BN8O/c1-5-22-56(23-6-1)69-53-70(88-82(87-69)57-24-7-2-8-25-57)60-46-50-72(94-71-34-17-13-31-65(71)79-75(94)51-49-64-63-30-14-20-39-78(63)95-81(64)79)66(52-60)85-90-83(58-26-9-3-10-27-58)89-84(91-85)59-42-40-54(41-43-59)55-44-47-62(48-45-55)93-74-36-19-16-33-68(74)86-67-32-15-18-35-73(67)92(61-28-11-4-12-29-61)76-37-21-38-77(93)80(76)86/h1-53H. The van der Waals surface area contributed by atoms with Crippen molar-refractivity contribution in [3.8, 4) is 84.9 Å². The normalized spacial score (nSPS) is 12.4. The molecule has 6 heterocycles. The van der Waals surface area contributed by atoms with E-state index in [1.807, 2.05) is 66.7 Å². The van der Waals surface area contributed by atoms with Crippen molar-refractivity contribution >= 4 is 101 Å². The molecule has 0 amide bonds. The van der Waals surface area contributed by atoms with Crippen molar-refractivity contribution in [1.29, 1.82) is 0 Å². The van der Waals surface area contributed by atoms with E-state index in [1.54, 1.807) is 0 Å². The van der Waals surface area contributed by atoms with Crippen molar-refractivity contribution in [2.75, 3.05) is 9.80 Å². The van der Waals surface area contributed by atoms with Crippen LogP contribution in [0, 0.1) is 0 Å². The Labute approximate surface area is 547 Å². The summed E-state index contributed by atoms with van der Waals surface area (Å²) in [5.74, 6) is 2.22. The number of fused-ring (bicyclic) bond motifs is 11. The summed E-state index contributed by atoms with van der Waals surface area (Å²) in [6, 6.07) is 113. The second-order valence-electron chi connectivity index (χ2n) is 24.3. The average molecular weight is 1210 g/mol. The highest BCUT2D eigenvalue weighted by Gasteiger charge is 2.43. The molecule has 0 radical (unpaired) electrons. The summed E-state index contributed by atoms with van der Waals surface area (Å²) in [6.45, 7) is 0.0708. The van der Waals surface area contributed by atoms with Crippen LogP contribution in [0.5, 0.6) is 0 Å². The first kappa shape index (κ1) is 54.0. The highest BCUT2D eigenvalue weighted by atomic mass is 16.3. The zero-order chi connectivity index (χ0) is 62.5. The molecule has 10 heteroatoms. The van der Waals surface area contributed by atoms with Crippen molar-refractivity contribution in [2.45, 2.75) is 0 Å². The molecule has 2 aliphatic rings. The van der Waals surface area contributed by atoms with Crippen molar-refractivity contribution < 1.29 is 4.42 Å². The van der Waals surface area contributed by atoms with Crippen LogP contribution >= 0.6 is 0 Å². The van der Waals surface area contributed by atoms with E-state index in [0.717, 1.165) is 117 Å². The topological polar surface area (TPSA) is 89.0 Å². The summed E-state index contributed by atoms with van der Waals surface area (Å²) in [5, 5.41) is 4.25. The molecule has 0 aliphatic carbocycles. The lowest BCUT2D eigenvalue weighted by atomic mass is 9.33. The minimum atomic E-state index is 0.0708.